The van der Waals surface area contributed by atoms with E-state index in [1.54, 1.807) is 24.5 Å². The third kappa shape index (κ3) is 1.86. The molecular formula is C13H10N2O. The molecule has 0 spiro atoms. The minimum absolute atomic E-state index is 0.0947. The van der Waals surface area contributed by atoms with E-state index < -0.39 is 0 Å². The molecule has 78 valence electrons. The van der Waals surface area contributed by atoms with E-state index >= 15 is 0 Å². The van der Waals surface area contributed by atoms with Crippen molar-refractivity contribution in [3.05, 3.63) is 47.8 Å². The molecule has 0 atom stereocenters. The largest absolute Gasteiger partial charge is 0.508 e. The normalized spacial score (nSPS) is 9.75. The average molecular weight is 210 g/mol. The van der Waals surface area contributed by atoms with Crippen molar-refractivity contribution >= 4 is 0 Å². The molecule has 3 heteroatoms. The Morgan fingerprint density at radius 3 is 2.81 bits per heavy atom. The van der Waals surface area contributed by atoms with Gasteiger partial charge in [-0.05, 0) is 42.3 Å². The van der Waals surface area contributed by atoms with Crippen LogP contribution >= 0.6 is 0 Å². The number of pyridine rings is 1. The molecule has 0 saturated heterocycles. The second-order valence-electron chi connectivity index (χ2n) is 3.57. The monoisotopic (exact) mass is 210 g/mol. The first-order valence-electron chi connectivity index (χ1n) is 4.86. The molecule has 3 nitrogen and oxygen atoms in total. The molecule has 0 fully saturated rings. The zero-order valence-corrected chi connectivity index (χ0v) is 8.81. The minimum Gasteiger partial charge on any atom is -0.508 e. The maximum absolute atomic E-state index is 9.51. The smallest absolute Gasteiger partial charge is 0.117 e. The Bertz CT molecular complexity index is 570. The summed E-state index contributed by atoms with van der Waals surface area (Å²) in [4.78, 5) is 4.04. The van der Waals surface area contributed by atoms with Crippen LogP contribution in [0.2, 0.25) is 0 Å². The van der Waals surface area contributed by atoms with E-state index in [0.717, 1.165) is 16.7 Å². The van der Waals surface area contributed by atoms with Crippen LogP contribution in [0.1, 0.15) is 11.1 Å². The molecule has 0 radical (unpaired) electrons. The quantitative estimate of drug-likeness (QED) is 0.787. The van der Waals surface area contributed by atoms with Crippen LogP contribution in [-0.2, 0) is 0 Å². The first-order chi connectivity index (χ1) is 7.70. The van der Waals surface area contributed by atoms with Gasteiger partial charge in [0, 0.05) is 18.0 Å². The number of phenolic OH excluding ortho intramolecular Hbond substituents is 1. The number of aryl methyl sites for hydroxylation is 1. The fourth-order valence-corrected chi connectivity index (χ4v) is 1.60. The molecule has 0 aliphatic heterocycles. The lowest BCUT2D eigenvalue weighted by atomic mass is 10.0. The van der Waals surface area contributed by atoms with Crippen LogP contribution in [0.25, 0.3) is 11.1 Å². The third-order valence-electron chi connectivity index (χ3n) is 2.40. The van der Waals surface area contributed by atoms with Gasteiger partial charge in [0.05, 0.1) is 11.6 Å². The zero-order chi connectivity index (χ0) is 11.5. The minimum atomic E-state index is 0.0947. The van der Waals surface area contributed by atoms with Crippen LogP contribution in [-0.4, -0.2) is 10.1 Å². The van der Waals surface area contributed by atoms with Gasteiger partial charge >= 0.3 is 0 Å². The van der Waals surface area contributed by atoms with Crippen LogP contribution in [0.3, 0.4) is 0 Å². The number of aromatic nitrogens is 1. The van der Waals surface area contributed by atoms with Crippen molar-refractivity contribution in [2.75, 3.05) is 0 Å². The molecular weight excluding hydrogens is 200 g/mol. The Kier molecular flexibility index (Phi) is 2.57. The van der Waals surface area contributed by atoms with Crippen LogP contribution in [0, 0.1) is 18.3 Å². The van der Waals surface area contributed by atoms with Gasteiger partial charge in [0.25, 0.3) is 0 Å². The third-order valence-corrected chi connectivity index (χ3v) is 2.40. The maximum Gasteiger partial charge on any atom is 0.117 e. The highest BCUT2D eigenvalue weighted by Crippen LogP contribution is 2.26. The van der Waals surface area contributed by atoms with Crippen LogP contribution in [0.15, 0.2) is 36.7 Å². The second kappa shape index (κ2) is 4.03. The summed E-state index contributed by atoms with van der Waals surface area (Å²) in [6.45, 7) is 1.97. The number of nitriles is 1. The topological polar surface area (TPSA) is 56.9 Å². The van der Waals surface area contributed by atoms with Gasteiger partial charge < -0.3 is 5.11 Å². The molecule has 2 aromatic rings. The highest BCUT2D eigenvalue weighted by molar-refractivity contribution is 5.69. The standard InChI is InChI=1S/C13H10N2O/c1-9-2-3-15-8-13(9)11-4-10(7-14)5-12(16)6-11/h2-6,8,16H,1H3. The summed E-state index contributed by atoms with van der Waals surface area (Å²) >= 11 is 0. The number of hydrogen-bond acceptors (Lipinski definition) is 3. The van der Waals surface area contributed by atoms with Crippen LogP contribution in [0.4, 0.5) is 0 Å². The summed E-state index contributed by atoms with van der Waals surface area (Å²) in [7, 11) is 0. The van der Waals surface area contributed by atoms with E-state index in [0.29, 0.717) is 5.56 Å². The van der Waals surface area contributed by atoms with E-state index in [1.807, 2.05) is 19.1 Å². The summed E-state index contributed by atoms with van der Waals surface area (Å²) < 4.78 is 0. The predicted molar refractivity (Wildman–Crippen MR) is 60.8 cm³/mol. The van der Waals surface area contributed by atoms with Crippen molar-refractivity contribution in [3.63, 3.8) is 0 Å². The zero-order valence-electron chi connectivity index (χ0n) is 8.81. The maximum atomic E-state index is 9.51. The van der Waals surface area contributed by atoms with Gasteiger partial charge in [0.2, 0.25) is 0 Å². The molecule has 1 heterocycles. The molecule has 1 N–H and O–H groups in total. The van der Waals surface area contributed by atoms with Gasteiger partial charge in [-0.3, -0.25) is 4.98 Å². The lowest BCUT2D eigenvalue weighted by molar-refractivity contribution is 0.475. The highest BCUT2D eigenvalue weighted by atomic mass is 16.3. The summed E-state index contributed by atoms with van der Waals surface area (Å²) in [5, 5.41) is 18.3. The van der Waals surface area contributed by atoms with Gasteiger partial charge in [0.1, 0.15) is 5.75 Å². The van der Waals surface area contributed by atoms with Crippen molar-refractivity contribution in [1.82, 2.24) is 4.98 Å². The Labute approximate surface area is 93.6 Å². The molecule has 0 aliphatic carbocycles. The average Bonchev–Trinajstić information content (AvgIpc) is 2.28. The van der Waals surface area contributed by atoms with Crippen LogP contribution in [0.5, 0.6) is 5.75 Å². The van der Waals surface area contributed by atoms with E-state index in [1.165, 1.54) is 6.07 Å². The molecule has 0 unspecified atom stereocenters. The van der Waals surface area contributed by atoms with Gasteiger partial charge in [-0.2, -0.15) is 5.26 Å². The van der Waals surface area contributed by atoms with Gasteiger partial charge in [-0.1, -0.05) is 0 Å². The lowest BCUT2D eigenvalue weighted by Gasteiger charge is -2.06. The summed E-state index contributed by atoms with van der Waals surface area (Å²) in [6.07, 6.45) is 3.44. The SMILES string of the molecule is Cc1ccncc1-c1cc(O)cc(C#N)c1. The van der Waals surface area contributed by atoms with Gasteiger partial charge in [0.15, 0.2) is 0 Å². The first kappa shape index (κ1) is 10.2. The Hall–Kier alpha value is -2.34. The molecule has 1 aromatic carbocycles. The molecule has 0 amide bonds. The first-order valence-corrected chi connectivity index (χ1v) is 4.86. The molecule has 2 rings (SSSR count). The van der Waals surface area contributed by atoms with Crippen molar-refractivity contribution in [1.29, 1.82) is 5.26 Å². The summed E-state index contributed by atoms with van der Waals surface area (Å²) in [6, 6.07) is 8.72. The van der Waals surface area contributed by atoms with Gasteiger partial charge in [-0.15, -0.1) is 0 Å². The molecule has 0 bridgehead atoms. The summed E-state index contributed by atoms with van der Waals surface area (Å²) in [5.41, 5.74) is 3.24. The lowest BCUT2D eigenvalue weighted by Crippen LogP contribution is -1.86. The number of phenols is 1. The molecule has 0 aliphatic rings. The highest BCUT2D eigenvalue weighted by Gasteiger charge is 2.05. The number of benzene rings is 1. The van der Waals surface area contributed by atoms with Crippen LogP contribution < -0.4 is 0 Å². The second-order valence-corrected chi connectivity index (χ2v) is 3.57. The Morgan fingerprint density at radius 1 is 1.31 bits per heavy atom. The number of nitrogens with zero attached hydrogens (tertiary/aromatic N) is 2. The Morgan fingerprint density at radius 2 is 2.12 bits per heavy atom. The number of aromatic hydroxyl groups is 1. The molecule has 16 heavy (non-hydrogen) atoms. The van der Waals surface area contributed by atoms with Crippen molar-refractivity contribution < 1.29 is 5.11 Å². The fourth-order valence-electron chi connectivity index (χ4n) is 1.60. The molecule has 1 aromatic heterocycles. The van der Waals surface area contributed by atoms with Crippen molar-refractivity contribution in [2.45, 2.75) is 6.92 Å². The van der Waals surface area contributed by atoms with E-state index in [9.17, 15) is 5.11 Å². The van der Waals surface area contributed by atoms with E-state index in [2.05, 4.69) is 4.98 Å². The van der Waals surface area contributed by atoms with Gasteiger partial charge in [-0.25, -0.2) is 0 Å². The van der Waals surface area contributed by atoms with Crippen molar-refractivity contribution in [2.24, 2.45) is 0 Å². The predicted octanol–water partition coefficient (Wildman–Crippen LogP) is 2.63. The number of rotatable bonds is 1. The fraction of sp³-hybridized carbons (Fsp3) is 0.0769. The van der Waals surface area contributed by atoms with E-state index in [4.69, 9.17) is 5.26 Å². The number of hydrogen-bond donors (Lipinski definition) is 1. The Balaban J connectivity index is 2.61. The molecule has 0 saturated carbocycles. The summed E-state index contributed by atoms with van der Waals surface area (Å²) in [5.74, 6) is 0.0947. The van der Waals surface area contributed by atoms with Crippen molar-refractivity contribution in [3.8, 4) is 22.9 Å². The van der Waals surface area contributed by atoms with E-state index in [-0.39, 0.29) is 5.75 Å².